The second-order valence-corrected chi connectivity index (χ2v) is 2.03. The van der Waals surface area contributed by atoms with E-state index in [0.29, 0.717) is 0 Å². The normalized spacial score (nSPS) is 15.0. The fourth-order valence-corrected chi connectivity index (χ4v) is 0.318. The molecule has 0 amide bonds. The monoisotopic (exact) mass is 196 g/mol. The summed E-state index contributed by atoms with van der Waals surface area (Å²) >= 11 is 0. The largest absolute Gasteiger partial charge is 0.449 e. The highest BCUT2D eigenvalue weighted by Crippen LogP contribution is 2.39. The van der Waals surface area contributed by atoms with Gasteiger partial charge in [-0.05, 0) is 0 Å². The van der Waals surface area contributed by atoms with Gasteiger partial charge in [0, 0.05) is 0 Å². The third-order valence-corrected chi connectivity index (χ3v) is 1.10. The molecule has 12 heavy (non-hydrogen) atoms. The first kappa shape index (κ1) is 11.5. The summed E-state index contributed by atoms with van der Waals surface area (Å²) in [5.41, 5.74) is 0. The second kappa shape index (κ2) is 2.79. The summed E-state index contributed by atoms with van der Waals surface area (Å²) in [6.45, 7) is -2.31. The van der Waals surface area contributed by atoms with E-state index in [1.807, 2.05) is 0 Å². The zero-order valence-corrected chi connectivity index (χ0v) is 5.44. The second-order valence-electron chi connectivity index (χ2n) is 2.03. The minimum absolute atomic E-state index is 2.31. The van der Waals surface area contributed by atoms with Crippen LogP contribution < -0.4 is 0 Å². The Balaban J connectivity index is 4.85. The highest BCUT2D eigenvalue weighted by molar-refractivity contribution is 4.89. The van der Waals surface area contributed by atoms with Crippen molar-refractivity contribution in [3.63, 3.8) is 0 Å². The molecular formula is C4H5F5O3. The Morgan fingerprint density at radius 2 is 1.25 bits per heavy atom. The molecule has 0 heterocycles. The maximum Gasteiger partial charge on any atom is 0.449 e. The van der Waals surface area contributed by atoms with Gasteiger partial charge in [-0.15, -0.1) is 0 Å². The Kier molecular flexibility index (Phi) is 2.68. The maximum atomic E-state index is 12.0. The van der Waals surface area contributed by atoms with Crippen molar-refractivity contribution < 1.29 is 37.3 Å². The van der Waals surface area contributed by atoms with E-state index in [2.05, 4.69) is 0 Å². The molecule has 0 fully saturated rings. The summed E-state index contributed by atoms with van der Waals surface area (Å²) in [7, 11) is 0. The zero-order valence-electron chi connectivity index (χ0n) is 5.44. The summed E-state index contributed by atoms with van der Waals surface area (Å²) in [5.74, 6) is -10.2. The Bertz CT molecular complexity index is 163. The van der Waals surface area contributed by atoms with Crippen molar-refractivity contribution in [1.82, 2.24) is 0 Å². The van der Waals surface area contributed by atoms with Gasteiger partial charge in [0.2, 0.25) is 0 Å². The predicted octanol–water partition coefficient (Wildman–Crippen LogP) is -0.143. The molecule has 0 aromatic rings. The van der Waals surface area contributed by atoms with E-state index in [-0.39, 0.29) is 0 Å². The highest BCUT2D eigenvalue weighted by atomic mass is 19.4. The van der Waals surface area contributed by atoms with Crippen LogP contribution >= 0.6 is 0 Å². The lowest BCUT2D eigenvalue weighted by Crippen LogP contribution is -2.60. The Morgan fingerprint density at radius 3 is 1.33 bits per heavy atom. The van der Waals surface area contributed by atoms with E-state index in [1.54, 1.807) is 0 Å². The minimum atomic E-state index is -5.92. The van der Waals surface area contributed by atoms with Crippen molar-refractivity contribution in [1.29, 1.82) is 0 Å². The molecule has 0 aliphatic carbocycles. The van der Waals surface area contributed by atoms with E-state index in [1.165, 1.54) is 0 Å². The topological polar surface area (TPSA) is 60.7 Å². The van der Waals surface area contributed by atoms with Gasteiger partial charge in [-0.2, -0.15) is 22.0 Å². The molecule has 74 valence electrons. The molecule has 0 aliphatic heterocycles. The molecule has 0 aliphatic rings. The zero-order chi connectivity index (χ0) is 10.2. The van der Waals surface area contributed by atoms with Gasteiger partial charge in [0.1, 0.15) is 6.61 Å². The molecular weight excluding hydrogens is 191 g/mol. The van der Waals surface area contributed by atoms with Crippen molar-refractivity contribution in [2.75, 3.05) is 6.61 Å². The third-order valence-electron chi connectivity index (χ3n) is 1.10. The van der Waals surface area contributed by atoms with Crippen LogP contribution in [0.1, 0.15) is 0 Å². The molecule has 0 spiro atoms. The quantitative estimate of drug-likeness (QED) is 0.425. The smallest absolute Gasteiger partial charge is 0.390 e. The first-order valence-electron chi connectivity index (χ1n) is 2.56. The lowest BCUT2D eigenvalue weighted by Gasteiger charge is -2.30. The van der Waals surface area contributed by atoms with Crippen LogP contribution in [0.5, 0.6) is 0 Å². The number of halogens is 5. The van der Waals surface area contributed by atoms with Crippen molar-refractivity contribution >= 4 is 0 Å². The number of aliphatic hydroxyl groups excluding tert-OH is 1. The summed E-state index contributed by atoms with van der Waals surface area (Å²) in [6.07, 6.45) is -5.92. The Hall–Kier alpha value is -0.470. The molecule has 0 unspecified atom stereocenters. The van der Waals surface area contributed by atoms with Crippen LogP contribution in [-0.2, 0) is 0 Å². The lowest BCUT2D eigenvalue weighted by atomic mass is 10.1. The minimum Gasteiger partial charge on any atom is -0.390 e. The Morgan fingerprint density at radius 1 is 0.917 bits per heavy atom. The highest BCUT2D eigenvalue weighted by Gasteiger charge is 2.68. The van der Waals surface area contributed by atoms with E-state index in [0.717, 1.165) is 0 Å². The predicted molar refractivity (Wildman–Crippen MR) is 25.3 cm³/mol. The van der Waals surface area contributed by atoms with Crippen molar-refractivity contribution in [2.45, 2.75) is 17.9 Å². The number of aliphatic hydroxyl groups is 3. The van der Waals surface area contributed by atoms with Crippen LogP contribution in [-0.4, -0.2) is 39.8 Å². The van der Waals surface area contributed by atoms with E-state index >= 15 is 0 Å². The van der Waals surface area contributed by atoms with Crippen molar-refractivity contribution in [2.24, 2.45) is 0 Å². The van der Waals surface area contributed by atoms with Crippen LogP contribution in [0.2, 0.25) is 0 Å². The van der Waals surface area contributed by atoms with Crippen molar-refractivity contribution in [3.05, 3.63) is 0 Å². The lowest BCUT2D eigenvalue weighted by molar-refractivity contribution is -0.419. The van der Waals surface area contributed by atoms with Crippen LogP contribution in [0.3, 0.4) is 0 Å². The van der Waals surface area contributed by atoms with E-state index < -0.39 is 24.5 Å². The molecule has 0 aromatic heterocycles. The first-order valence-corrected chi connectivity index (χ1v) is 2.56. The van der Waals surface area contributed by atoms with Gasteiger partial charge in [-0.1, -0.05) is 0 Å². The molecule has 3 N–H and O–H groups in total. The van der Waals surface area contributed by atoms with Gasteiger partial charge in [0.15, 0.2) is 0 Å². The molecule has 0 saturated heterocycles. The Labute approximate surface area is 63.0 Å². The number of rotatable bonds is 2. The van der Waals surface area contributed by atoms with Gasteiger partial charge >= 0.3 is 17.9 Å². The molecule has 0 aromatic carbocycles. The number of hydrogen-bond donors (Lipinski definition) is 3. The average Bonchev–Trinajstić information content (AvgIpc) is 1.85. The van der Waals surface area contributed by atoms with Gasteiger partial charge in [0.05, 0.1) is 0 Å². The third kappa shape index (κ3) is 1.65. The van der Waals surface area contributed by atoms with E-state index in [9.17, 15) is 22.0 Å². The molecule has 3 nitrogen and oxygen atoms in total. The fourth-order valence-electron chi connectivity index (χ4n) is 0.318. The molecule has 0 atom stereocenters. The summed E-state index contributed by atoms with van der Waals surface area (Å²) in [5, 5.41) is 23.5. The van der Waals surface area contributed by atoms with Crippen LogP contribution in [0.4, 0.5) is 22.0 Å². The standard InChI is InChI=1S/C4H5F5O3/c5-2(6,1-10)3(11,12)4(7,8)9/h10-12H,1H2. The maximum absolute atomic E-state index is 12.0. The van der Waals surface area contributed by atoms with Gasteiger partial charge in [-0.25, -0.2) is 0 Å². The molecule has 0 rings (SSSR count). The molecule has 0 radical (unpaired) electrons. The van der Waals surface area contributed by atoms with Crippen LogP contribution in [0.15, 0.2) is 0 Å². The summed E-state index contributed by atoms with van der Waals surface area (Å²) in [4.78, 5) is 0. The molecule has 0 bridgehead atoms. The SMILES string of the molecule is OCC(F)(F)C(O)(O)C(F)(F)F. The summed E-state index contributed by atoms with van der Waals surface area (Å²) < 4.78 is 58.2. The van der Waals surface area contributed by atoms with Crippen LogP contribution in [0, 0.1) is 0 Å². The van der Waals surface area contributed by atoms with Gasteiger partial charge < -0.3 is 15.3 Å². The average molecular weight is 196 g/mol. The van der Waals surface area contributed by atoms with Gasteiger partial charge in [0.25, 0.3) is 0 Å². The van der Waals surface area contributed by atoms with Crippen molar-refractivity contribution in [3.8, 4) is 0 Å². The number of hydrogen-bond acceptors (Lipinski definition) is 3. The first-order chi connectivity index (χ1) is 5.06. The summed E-state index contributed by atoms with van der Waals surface area (Å²) in [6, 6.07) is 0. The van der Waals surface area contributed by atoms with E-state index in [4.69, 9.17) is 15.3 Å². The number of alkyl halides is 5. The van der Waals surface area contributed by atoms with Crippen LogP contribution in [0.25, 0.3) is 0 Å². The molecule has 8 heteroatoms. The van der Waals surface area contributed by atoms with Gasteiger partial charge in [-0.3, -0.25) is 0 Å². The molecule has 0 saturated carbocycles. The fraction of sp³-hybridized carbons (Fsp3) is 1.00.